The highest BCUT2D eigenvalue weighted by Crippen LogP contribution is 2.30. The molecular formula is C34H34F2N2O3S. The summed E-state index contributed by atoms with van der Waals surface area (Å²) in [7, 11) is 1.31. The fraction of sp³-hybridized carbons (Fsp3) is 0.235. The smallest absolute Gasteiger partial charge is 0.328 e. The quantitative estimate of drug-likeness (QED) is 0.178. The third-order valence-corrected chi connectivity index (χ3v) is 7.60. The van der Waals surface area contributed by atoms with Gasteiger partial charge in [-0.15, -0.1) is 0 Å². The van der Waals surface area contributed by atoms with Crippen LogP contribution in [0.2, 0.25) is 0 Å². The molecule has 5 nitrogen and oxygen atoms in total. The molecule has 0 aliphatic rings. The lowest BCUT2D eigenvalue weighted by atomic mass is 9.93. The van der Waals surface area contributed by atoms with Crippen molar-refractivity contribution in [1.82, 2.24) is 5.32 Å². The maximum atomic E-state index is 14.0. The van der Waals surface area contributed by atoms with E-state index < -0.39 is 23.6 Å². The van der Waals surface area contributed by atoms with Gasteiger partial charge in [-0.3, -0.25) is 4.79 Å². The molecular weight excluding hydrogens is 554 g/mol. The molecule has 0 spiro atoms. The van der Waals surface area contributed by atoms with Gasteiger partial charge in [-0.25, -0.2) is 13.6 Å². The Morgan fingerprint density at radius 1 is 0.857 bits per heavy atom. The van der Waals surface area contributed by atoms with E-state index in [2.05, 4.69) is 5.32 Å². The Kier molecular flexibility index (Phi) is 10.7. The molecule has 0 aromatic heterocycles. The summed E-state index contributed by atoms with van der Waals surface area (Å²) in [5.74, 6) is -1.42. The minimum atomic E-state index is -0.764. The van der Waals surface area contributed by atoms with Gasteiger partial charge in [-0.05, 0) is 89.6 Å². The number of ether oxygens (including phenoxy) is 1. The first kappa shape index (κ1) is 30.8. The first-order valence-corrected chi connectivity index (χ1v) is 15.0. The Bertz CT molecular complexity index is 1510. The number of thioether (sulfide) groups is 1. The molecule has 1 N–H and O–H groups in total. The predicted octanol–water partition coefficient (Wildman–Crippen LogP) is 7.17. The number of aryl methyl sites for hydroxylation is 1. The maximum Gasteiger partial charge on any atom is 0.328 e. The number of hydrogen-bond acceptors (Lipinski definition) is 5. The highest BCUT2D eigenvalue weighted by Gasteiger charge is 2.24. The van der Waals surface area contributed by atoms with E-state index >= 15 is 0 Å². The summed E-state index contributed by atoms with van der Waals surface area (Å²) in [5.41, 5.74) is 5.33. The zero-order chi connectivity index (χ0) is 30.1. The number of hydrogen-bond donors (Lipinski definition) is 1. The Labute approximate surface area is 249 Å². The lowest BCUT2D eigenvalue weighted by Gasteiger charge is -2.26. The molecule has 0 aliphatic carbocycles. The molecule has 8 heteroatoms. The molecule has 42 heavy (non-hydrogen) atoms. The molecule has 0 radical (unpaired) electrons. The third kappa shape index (κ3) is 7.97. The van der Waals surface area contributed by atoms with Crippen LogP contribution in [-0.2, 0) is 22.6 Å². The summed E-state index contributed by atoms with van der Waals surface area (Å²) in [5, 5.41) is 2.87. The second-order valence-corrected chi connectivity index (χ2v) is 11.0. The van der Waals surface area contributed by atoms with Gasteiger partial charge in [-0.2, -0.15) is 11.8 Å². The molecule has 1 atom stereocenters. The Morgan fingerprint density at radius 2 is 1.52 bits per heavy atom. The van der Waals surface area contributed by atoms with Crippen LogP contribution in [0.4, 0.5) is 14.5 Å². The van der Waals surface area contributed by atoms with Crippen molar-refractivity contribution in [2.24, 2.45) is 0 Å². The average molecular weight is 589 g/mol. The molecule has 4 aromatic carbocycles. The molecule has 0 saturated heterocycles. The minimum Gasteiger partial charge on any atom is -0.467 e. The van der Waals surface area contributed by atoms with E-state index in [1.807, 2.05) is 84.8 Å². The lowest BCUT2D eigenvalue weighted by molar-refractivity contribution is -0.142. The van der Waals surface area contributed by atoms with Crippen LogP contribution in [0.15, 0.2) is 91.0 Å². The van der Waals surface area contributed by atoms with E-state index in [1.54, 1.807) is 17.8 Å². The summed E-state index contributed by atoms with van der Waals surface area (Å²) < 4.78 is 33.0. The van der Waals surface area contributed by atoms with Crippen molar-refractivity contribution < 1.29 is 23.1 Å². The monoisotopic (exact) mass is 588 g/mol. The number of halogens is 2. The van der Waals surface area contributed by atoms with E-state index in [0.29, 0.717) is 29.8 Å². The topological polar surface area (TPSA) is 58.6 Å². The van der Waals surface area contributed by atoms with Crippen LogP contribution in [-0.4, -0.2) is 37.0 Å². The van der Waals surface area contributed by atoms with E-state index in [9.17, 15) is 18.4 Å². The van der Waals surface area contributed by atoms with Gasteiger partial charge in [0, 0.05) is 30.4 Å². The highest BCUT2D eigenvalue weighted by molar-refractivity contribution is 7.98. The standard InChI is InChI=1S/C34H34F2N2O3S/c1-23-9-7-8-12-29(23)31-19-24(13-14-30(31)33(39)37-32(15-16-42-3)34(40)41-2)21-38(28-10-5-4-6-11-28)22-25-17-26(35)20-27(36)18-25/h4-14,17-20,32H,15-16,21-22H2,1-3H3,(H,37,39). The molecule has 0 aliphatic heterocycles. The normalized spacial score (nSPS) is 11.5. The van der Waals surface area contributed by atoms with Crippen molar-refractivity contribution in [3.05, 3.63) is 125 Å². The fourth-order valence-electron chi connectivity index (χ4n) is 4.87. The molecule has 0 heterocycles. The summed E-state index contributed by atoms with van der Waals surface area (Å²) in [6.45, 7) is 2.67. The summed E-state index contributed by atoms with van der Waals surface area (Å²) in [4.78, 5) is 28.0. The van der Waals surface area contributed by atoms with Gasteiger partial charge in [0.2, 0.25) is 0 Å². The summed E-state index contributed by atoms with van der Waals surface area (Å²) in [6, 6.07) is 25.8. The minimum absolute atomic E-state index is 0.275. The van der Waals surface area contributed by atoms with Crippen LogP contribution >= 0.6 is 11.8 Å². The number of nitrogens with zero attached hydrogens (tertiary/aromatic N) is 1. The number of esters is 1. The first-order chi connectivity index (χ1) is 20.3. The Balaban J connectivity index is 1.72. The van der Waals surface area contributed by atoms with Crippen LogP contribution < -0.4 is 10.2 Å². The van der Waals surface area contributed by atoms with Crippen LogP contribution in [0.3, 0.4) is 0 Å². The number of rotatable bonds is 12. The van der Waals surface area contributed by atoms with Gasteiger partial charge in [0.1, 0.15) is 17.7 Å². The van der Waals surface area contributed by atoms with Gasteiger partial charge < -0.3 is 15.0 Å². The second-order valence-electron chi connectivity index (χ2n) is 9.99. The molecule has 0 fully saturated rings. The molecule has 0 bridgehead atoms. The predicted molar refractivity (Wildman–Crippen MR) is 166 cm³/mol. The van der Waals surface area contributed by atoms with Crippen LogP contribution in [0.5, 0.6) is 0 Å². The van der Waals surface area contributed by atoms with Gasteiger partial charge >= 0.3 is 5.97 Å². The van der Waals surface area contributed by atoms with Gasteiger partial charge in [0.05, 0.1) is 7.11 Å². The van der Waals surface area contributed by atoms with Crippen molar-refractivity contribution in [3.63, 3.8) is 0 Å². The van der Waals surface area contributed by atoms with Crippen molar-refractivity contribution in [2.45, 2.75) is 32.5 Å². The maximum absolute atomic E-state index is 14.0. The number of amides is 1. The Hall–Kier alpha value is -4.17. The molecule has 4 aromatic rings. The molecule has 0 saturated carbocycles. The zero-order valence-corrected chi connectivity index (χ0v) is 24.7. The van der Waals surface area contributed by atoms with Crippen LogP contribution in [0.25, 0.3) is 11.1 Å². The number of carbonyl (C=O) groups excluding carboxylic acids is 2. The number of anilines is 1. The van der Waals surface area contributed by atoms with Crippen molar-refractivity contribution >= 4 is 29.3 Å². The zero-order valence-electron chi connectivity index (χ0n) is 23.9. The lowest BCUT2D eigenvalue weighted by Crippen LogP contribution is -2.42. The van der Waals surface area contributed by atoms with Crippen molar-refractivity contribution in [2.75, 3.05) is 24.0 Å². The Morgan fingerprint density at radius 3 is 2.19 bits per heavy atom. The summed E-state index contributed by atoms with van der Waals surface area (Å²) in [6.07, 6.45) is 2.39. The molecule has 1 amide bonds. The van der Waals surface area contributed by atoms with Crippen molar-refractivity contribution in [1.29, 1.82) is 0 Å². The van der Waals surface area contributed by atoms with Crippen molar-refractivity contribution in [3.8, 4) is 11.1 Å². The third-order valence-electron chi connectivity index (χ3n) is 6.96. The molecule has 1 unspecified atom stereocenters. The van der Waals surface area contributed by atoms with E-state index in [0.717, 1.165) is 34.0 Å². The first-order valence-electron chi connectivity index (χ1n) is 13.6. The second kappa shape index (κ2) is 14.6. The highest BCUT2D eigenvalue weighted by atomic mass is 32.2. The van der Waals surface area contributed by atoms with Gasteiger partial charge in [0.25, 0.3) is 5.91 Å². The molecule has 218 valence electrons. The molecule has 4 rings (SSSR count). The number of nitrogens with one attached hydrogen (secondary N) is 1. The van der Waals surface area contributed by atoms with Crippen LogP contribution in [0, 0.1) is 18.6 Å². The number of para-hydroxylation sites is 1. The van der Waals surface area contributed by atoms with E-state index in [-0.39, 0.29) is 12.5 Å². The van der Waals surface area contributed by atoms with Gasteiger partial charge in [0.15, 0.2) is 0 Å². The average Bonchev–Trinajstić information content (AvgIpc) is 2.98. The van der Waals surface area contributed by atoms with Gasteiger partial charge in [-0.1, -0.05) is 48.5 Å². The number of methoxy groups -OCH3 is 1. The largest absolute Gasteiger partial charge is 0.467 e. The van der Waals surface area contributed by atoms with E-state index in [1.165, 1.54) is 19.2 Å². The SMILES string of the molecule is COC(=O)C(CCSC)NC(=O)c1ccc(CN(Cc2cc(F)cc(F)c2)c2ccccc2)cc1-c1ccccc1C. The summed E-state index contributed by atoms with van der Waals surface area (Å²) >= 11 is 1.59. The van der Waals surface area contributed by atoms with Crippen LogP contribution in [0.1, 0.15) is 33.5 Å². The fourth-order valence-corrected chi connectivity index (χ4v) is 5.34. The van der Waals surface area contributed by atoms with E-state index in [4.69, 9.17) is 4.74 Å². The number of carbonyl (C=O) groups is 2. The number of benzene rings is 4.